The molecule has 2 atom stereocenters. The number of hydrogen-bond acceptors (Lipinski definition) is 9. The second kappa shape index (κ2) is 15.3. The topological polar surface area (TPSA) is 250 Å². The molecule has 0 aliphatic rings. The monoisotopic (exact) mass is 617 g/mol. The van der Waals surface area contributed by atoms with Crippen LogP contribution in [0.2, 0.25) is 0 Å². The Kier molecular flexibility index (Phi) is 13.9. The molecule has 8 N–H and O–H groups in total. The lowest BCUT2D eigenvalue weighted by Crippen LogP contribution is -2.61. The minimum atomic E-state index is -4.35. The van der Waals surface area contributed by atoms with E-state index in [1.165, 1.54) is 19.1 Å². The number of carbonyl (C=O) groups is 4. The quantitative estimate of drug-likeness (QED) is 0.0679. The van der Waals surface area contributed by atoms with Gasteiger partial charge in [0, 0.05) is 6.54 Å². The number of esters is 1. The number of aryl methyl sites for hydroxylation is 1. The number of hydrogen-bond donors (Lipinski definition) is 6. The van der Waals surface area contributed by atoms with Crippen LogP contribution in [0.15, 0.2) is 34.2 Å². The SMILES string of the molecule is C[C@H](NC(=O)OC(C)(C)C)C(=O)O.Cc1ccc(S(=O)(=O)N[C@@](CCCN=C(N)N)(C(=O)O)C(=O)OC(C)(C)C)cc1. The predicted molar refractivity (Wildman–Crippen MR) is 154 cm³/mol. The lowest BCUT2D eigenvalue weighted by molar-refractivity contribution is -0.170. The van der Waals surface area contributed by atoms with E-state index in [1.54, 1.807) is 60.6 Å². The average molecular weight is 618 g/mol. The Hall–Kier alpha value is -3.92. The lowest BCUT2D eigenvalue weighted by Gasteiger charge is -2.31. The van der Waals surface area contributed by atoms with Crippen LogP contribution in [0.1, 0.15) is 66.9 Å². The van der Waals surface area contributed by atoms with Crippen molar-refractivity contribution in [2.45, 2.75) is 95.9 Å². The normalized spacial score (nSPS) is 13.7. The second-order valence-electron chi connectivity index (χ2n) is 11.2. The molecule has 0 aromatic heterocycles. The molecule has 0 aliphatic heterocycles. The number of benzene rings is 1. The van der Waals surface area contributed by atoms with Crippen LogP contribution in [0, 0.1) is 6.92 Å². The summed E-state index contributed by atoms with van der Waals surface area (Å²) >= 11 is 0. The number of carboxylic acids is 2. The van der Waals surface area contributed by atoms with Gasteiger partial charge in [0.1, 0.15) is 17.2 Å². The molecule has 1 aromatic carbocycles. The first-order chi connectivity index (χ1) is 18.9. The highest BCUT2D eigenvalue weighted by molar-refractivity contribution is 7.89. The number of sulfonamides is 1. The molecule has 16 heteroatoms. The molecule has 1 aromatic rings. The Morgan fingerprint density at radius 2 is 1.45 bits per heavy atom. The van der Waals surface area contributed by atoms with Gasteiger partial charge < -0.3 is 36.5 Å². The van der Waals surface area contributed by atoms with E-state index in [2.05, 4.69) is 10.3 Å². The molecule has 0 heterocycles. The average Bonchev–Trinajstić information content (AvgIpc) is 2.78. The van der Waals surface area contributed by atoms with Crippen LogP contribution in [-0.4, -0.2) is 77.9 Å². The van der Waals surface area contributed by atoms with Crippen molar-refractivity contribution in [3.8, 4) is 0 Å². The summed E-state index contributed by atoms with van der Waals surface area (Å²) in [6.45, 7) is 12.9. The summed E-state index contributed by atoms with van der Waals surface area (Å²) in [7, 11) is -4.35. The highest BCUT2D eigenvalue weighted by Crippen LogP contribution is 2.24. The molecule has 0 fully saturated rings. The molecule has 1 rings (SSSR count). The van der Waals surface area contributed by atoms with Gasteiger partial charge in [-0.1, -0.05) is 17.7 Å². The molecular weight excluding hydrogens is 574 g/mol. The Morgan fingerprint density at radius 1 is 0.952 bits per heavy atom. The molecule has 0 saturated heterocycles. The van der Waals surface area contributed by atoms with E-state index in [4.69, 9.17) is 26.0 Å². The third-order valence-electron chi connectivity index (χ3n) is 4.86. The highest BCUT2D eigenvalue weighted by Gasteiger charge is 2.51. The maximum Gasteiger partial charge on any atom is 0.408 e. The number of aliphatic imine (C=N–C) groups is 1. The zero-order valence-corrected chi connectivity index (χ0v) is 26.0. The predicted octanol–water partition coefficient (Wildman–Crippen LogP) is 1.48. The maximum absolute atomic E-state index is 12.8. The van der Waals surface area contributed by atoms with Gasteiger partial charge >= 0.3 is 24.0 Å². The van der Waals surface area contributed by atoms with Crippen molar-refractivity contribution >= 4 is 40.0 Å². The van der Waals surface area contributed by atoms with Crippen LogP contribution in [0.25, 0.3) is 0 Å². The number of nitrogens with zero attached hydrogens (tertiary/aromatic N) is 1. The maximum atomic E-state index is 12.8. The van der Waals surface area contributed by atoms with E-state index in [-0.39, 0.29) is 23.8 Å². The van der Waals surface area contributed by atoms with Gasteiger partial charge in [-0.15, -0.1) is 0 Å². The number of nitrogens with two attached hydrogens (primary N) is 2. The third kappa shape index (κ3) is 14.1. The number of rotatable bonds is 11. The molecule has 0 spiro atoms. The van der Waals surface area contributed by atoms with E-state index < -0.39 is 63.2 Å². The first kappa shape index (κ1) is 38.1. The van der Waals surface area contributed by atoms with E-state index in [0.29, 0.717) is 0 Å². The van der Waals surface area contributed by atoms with Crippen LogP contribution in [0.5, 0.6) is 0 Å². The third-order valence-corrected chi connectivity index (χ3v) is 6.37. The number of ether oxygens (including phenoxy) is 2. The number of carboxylic acid groups (broad SMARTS) is 2. The molecule has 0 saturated carbocycles. The highest BCUT2D eigenvalue weighted by atomic mass is 32.2. The summed E-state index contributed by atoms with van der Waals surface area (Å²) in [6.07, 6.45) is -1.12. The van der Waals surface area contributed by atoms with Gasteiger partial charge in [-0.05, 0) is 80.4 Å². The van der Waals surface area contributed by atoms with Gasteiger partial charge in [0.05, 0.1) is 4.90 Å². The molecule has 0 aliphatic carbocycles. The lowest BCUT2D eigenvalue weighted by atomic mass is 9.94. The standard InChI is InChI=1S/C18H28N4O6S.C8H15NO4/c1-12-6-8-13(9-7-12)29(26,27)22-18(14(23)24,10-5-11-21-16(19)20)15(25)28-17(2,3)4;1-5(6(10)11)9-7(12)13-8(2,3)4/h6-9,22H,5,10-11H2,1-4H3,(H,23,24)(H4,19,20,21);5H,1-4H3,(H,9,12)(H,10,11)/t18-;5-/m00/s1. The van der Waals surface area contributed by atoms with E-state index >= 15 is 0 Å². The van der Waals surface area contributed by atoms with Gasteiger partial charge in [0.2, 0.25) is 15.6 Å². The number of nitrogens with one attached hydrogen (secondary N) is 2. The minimum absolute atomic E-state index is 0.00637. The number of amides is 1. The smallest absolute Gasteiger partial charge is 0.408 e. The van der Waals surface area contributed by atoms with E-state index in [1.807, 2.05) is 4.72 Å². The molecule has 15 nitrogen and oxygen atoms in total. The molecular formula is C26H43N5O10S. The van der Waals surface area contributed by atoms with Crippen molar-refractivity contribution in [2.24, 2.45) is 16.5 Å². The van der Waals surface area contributed by atoms with Crippen LogP contribution in [0.4, 0.5) is 4.79 Å². The van der Waals surface area contributed by atoms with Crippen molar-refractivity contribution in [2.75, 3.05) is 6.54 Å². The fraction of sp³-hybridized carbons (Fsp3) is 0.577. The largest absolute Gasteiger partial charge is 0.480 e. The summed E-state index contributed by atoms with van der Waals surface area (Å²) in [4.78, 5) is 49.8. The summed E-state index contributed by atoms with van der Waals surface area (Å²) in [5, 5.41) is 20.5. The summed E-state index contributed by atoms with van der Waals surface area (Å²) in [5.41, 5.74) is 7.11. The fourth-order valence-electron chi connectivity index (χ4n) is 2.90. The van der Waals surface area contributed by atoms with Crippen LogP contribution in [-0.2, 0) is 33.9 Å². The van der Waals surface area contributed by atoms with Crippen molar-refractivity contribution < 1.29 is 47.3 Å². The zero-order chi connectivity index (χ0) is 33.1. The van der Waals surface area contributed by atoms with Crippen LogP contribution < -0.4 is 21.5 Å². The fourth-order valence-corrected chi connectivity index (χ4v) is 4.25. The first-order valence-corrected chi connectivity index (χ1v) is 14.3. The number of carbonyl (C=O) groups excluding carboxylic acids is 2. The van der Waals surface area contributed by atoms with E-state index in [0.717, 1.165) is 5.56 Å². The second-order valence-corrected chi connectivity index (χ2v) is 12.9. The molecule has 238 valence electrons. The Balaban J connectivity index is 0.00000108. The zero-order valence-electron chi connectivity index (χ0n) is 25.2. The molecule has 0 bridgehead atoms. The minimum Gasteiger partial charge on any atom is -0.480 e. The van der Waals surface area contributed by atoms with Crippen molar-refractivity contribution in [1.82, 2.24) is 10.0 Å². The van der Waals surface area contributed by atoms with Gasteiger partial charge in [-0.25, -0.2) is 22.8 Å². The molecule has 0 unspecified atom stereocenters. The molecule has 0 radical (unpaired) electrons. The van der Waals surface area contributed by atoms with Crippen molar-refractivity contribution in [1.29, 1.82) is 0 Å². The summed E-state index contributed by atoms with van der Waals surface area (Å²) in [6, 6.07) is 4.82. The van der Waals surface area contributed by atoms with Gasteiger partial charge in [0.25, 0.3) is 0 Å². The molecule has 1 amide bonds. The van der Waals surface area contributed by atoms with Gasteiger partial charge in [0.15, 0.2) is 5.96 Å². The Morgan fingerprint density at radius 3 is 1.86 bits per heavy atom. The summed E-state index contributed by atoms with van der Waals surface area (Å²) < 4.78 is 37.7. The molecule has 42 heavy (non-hydrogen) atoms. The van der Waals surface area contributed by atoms with Crippen LogP contribution >= 0.6 is 0 Å². The Labute approximate surface area is 246 Å². The van der Waals surface area contributed by atoms with Crippen molar-refractivity contribution in [3.63, 3.8) is 0 Å². The Bertz CT molecular complexity index is 1230. The summed E-state index contributed by atoms with van der Waals surface area (Å²) in [5.74, 6) is -4.21. The van der Waals surface area contributed by atoms with E-state index in [9.17, 15) is 32.7 Å². The van der Waals surface area contributed by atoms with Gasteiger partial charge in [-0.3, -0.25) is 9.79 Å². The number of alkyl carbamates (subject to hydrolysis) is 1. The first-order valence-electron chi connectivity index (χ1n) is 12.8. The van der Waals surface area contributed by atoms with Gasteiger partial charge in [-0.2, -0.15) is 4.72 Å². The van der Waals surface area contributed by atoms with Crippen LogP contribution in [0.3, 0.4) is 0 Å². The van der Waals surface area contributed by atoms with Crippen molar-refractivity contribution in [3.05, 3.63) is 29.8 Å². The number of aliphatic carboxylic acids is 2. The number of guanidine groups is 1.